The Bertz CT molecular complexity index is 1080. The van der Waals surface area contributed by atoms with Crippen molar-refractivity contribution in [1.82, 2.24) is 14.9 Å². The molecule has 158 valence electrons. The summed E-state index contributed by atoms with van der Waals surface area (Å²) in [5.74, 6) is 0. The van der Waals surface area contributed by atoms with Gasteiger partial charge in [-0.25, -0.2) is 4.98 Å². The Kier molecular flexibility index (Phi) is 7.19. The second-order valence-electron chi connectivity index (χ2n) is 8.08. The van der Waals surface area contributed by atoms with Gasteiger partial charge >= 0.3 is 0 Å². The van der Waals surface area contributed by atoms with Crippen LogP contribution in [0.25, 0.3) is 5.57 Å². The third-order valence-electron chi connectivity index (χ3n) is 5.83. The zero-order valence-electron chi connectivity index (χ0n) is 17.6. The second kappa shape index (κ2) is 10.4. The van der Waals surface area contributed by atoms with E-state index in [0.29, 0.717) is 11.6 Å². The van der Waals surface area contributed by atoms with Crippen LogP contribution in [0.15, 0.2) is 67.1 Å². The molecule has 0 radical (unpaired) electrons. The fraction of sp³-hybridized carbons (Fsp3) is 0.308. The van der Waals surface area contributed by atoms with Gasteiger partial charge in [-0.3, -0.25) is 0 Å². The van der Waals surface area contributed by atoms with E-state index in [1.807, 2.05) is 48.9 Å². The molecular formula is C26H27ClN4. The first kappa shape index (κ1) is 21.4. The van der Waals surface area contributed by atoms with Crippen LogP contribution in [-0.4, -0.2) is 22.1 Å². The third kappa shape index (κ3) is 5.85. The van der Waals surface area contributed by atoms with Gasteiger partial charge in [-0.2, -0.15) is 5.26 Å². The highest BCUT2D eigenvalue weighted by molar-refractivity contribution is 6.30. The Labute approximate surface area is 189 Å². The van der Waals surface area contributed by atoms with Gasteiger partial charge in [0.1, 0.15) is 0 Å². The number of nitrogens with zero attached hydrogens (tertiary/aromatic N) is 3. The Morgan fingerprint density at radius 3 is 2.84 bits per heavy atom. The molecule has 1 N–H and O–H groups in total. The van der Waals surface area contributed by atoms with Crippen LogP contribution in [0.4, 0.5) is 0 Å². The highest BCUT2D eigenvalue weighted by Gasteiger charge is 2.13. The molecule has 31 heavy (non-hydrogen) atoms. The number of benzene rings is 2. The van der Waals surface area contributed by atoms with E-state index in [1.165, 1.54) is 35.2 Å². The molecule has 1 unspecified atom stereocenters. The molecule has 0 saturated heterocycles. The van der Waals surface area contributed by atoms with Crippen molar-refractivity contribution < 1.29 is 0 Å². The summed E-state index contributed by atoms with van der Waals surface area (Å²) >= 11 is 6.20. The maximum absolute atomic E-state index is 8.96. The summed E-state index contributed by atoms with van der Waals surface area (Å²) in [6.45, 7) is 1.67. The van der Waals surface area contributed by atoms with Crippen LogP contribution in [0, 0.1) is 11.3 Å². The zero-order valence-corrected chi connectivity index (χ0v) is 18.4. The van der Waals surface area contributed by atoms with Crippen LogP contribution in [0.3, 0.4) is 0 Å². The van der Waals surface area contributed by atoms with E-state index < -0.39 is 0 Å². The predicted octanol–water partition coefficient (Wildman–Crippen LogP) is 5.61. The van der Waals surface area contributed by atoms with Gasteiger partial charge in [0.15, 0.2) is 0 Å². The minimum atomic E-state index is 0.381. The van der Waals surface area contributed by atoms with E-state index in [1.54, 1.807) is 0 Å². The fourth-order valence-electron chi connectivity index (χ4n) is 4.14. The van der Waals surface area contributed by atoms with Gasteiger partial charge < -0.3 is 9.88 Å². The number of rotatable bonds is 7. The van der Waals surface area contributed by atoms with Gasteiger partial charge in [0.05, 0.1) is 18.0 Å². The molecule has 0 spiro atoms. The van der Waals surface area contributed by atoms with Crippen molar-refractivity contribution in [2.24, 2.45) is 0 Å². The van der Waals surface area contributed by atoms with E-state index in [4.69, 9.17) is 16.9 Å². The number of hydrogen-bond donors (Lipinski definition) is 1. The Balaban J connectivity index is 1.36. The first-order valence-electron chi connectivity index (χ1n) is 10.9. The van der Waals surface area contributed by atoms with Crippen LogP contribution in [0.2, 0.25) is 5.02 Å². The maximum atomic E-state index is 8.96. The molecule has 0 saturated carbocycles. The number of nitriles is 1. The molecule has 1 heterocycles. The van der Waals surface area contributed by atoms with Crippen molar-refractivity contribution in [1.29, 1.82) is 5.26 Å². The first-order chi connectivity index (χ1) is 15.2. The molecule has 0 bridgehead atoms. The summed E-state index contributed by atoms with van der Waals surface area (Å²) in [5.41, 5.74) is 5.70. The van der Waals surface area contributed by atoms with Crippen LogP contribution in [-0.2, 0) is 13.0 Å². The van der Waals surface area contributed by atoms with Gasteiger partial charge in [0.25, 0.3) is 0 Å². The van der Waals surface area contributed by atoms with Gasteiger partial charge in [0.2, 0.25) is 0 Å². The summed E-state index contributed by atoms with van der Waals surface area (Å²) in [4.78, 5) is 4.35. The molecule has 1 atom stereocenters. The molecule has 4 nitrogen and oxygen atoms in total. The van der Waals surface area contributed by atoms with E-state index in [2.05, 4.69) is 39.1 Å². The molecule has 1 aromatic heterocycles. The predicted molar refractivity (Wildman–Crippen MR) is 126 cm³/mol. The SMILES string of the molecule is N#Cc1ccc(Cn2cncc2CCNC2C=C(c3cccc(Cl)c3)CCCC2)cc1. The maximum Gasteiger partial charge on any atom is 0.0991 e. The van der Waals surface area contributed by atoms with E-state index in [9.17, 15) is 0 Å². The van der Waals surface area contributed by atoms with Crippen LogP contribution >= 0.6 is 11.6 Å². The lowest BCUT2D eigenvalue weighted by Gasteiger charge is -2.15. The van der Waals surface area contributed by atoms with Gasteiger partial charge in [-0.15, -0.1) is 0 Å². The lowest BCUT2D eigenvalue weighted by Crippen LogP contribution is -2.29. The molecule has 5 heteroatoms. The zero-order chi connectivity index (χ0) is 21.5. The topological polar surface area (TPSA) is 53.6 Å². The normalized spacial score (nSPS) is 16.4. The van der Waals surface area contributed by atoms with Gasteiger partial charge in [-0.05, 0) is 60.2 Å². The summed E-state index contributed by atoms with van der Waals surface area (Å²) in [5, 5.41) is 13.5. The van der Waals surface area contributed by atoms with Crippen molar-refractivity contribution in [3.63, 3.8) is 0 Å². The van der Waals surface area contributed by atoms with Crippen molar-refractivity contribution in [3.8, 4) is 6.07 Å². The van der Waals surface area contributed by atoms with Crippen molar-refractivity contribution >= 4 is 17.2 Å². The molecular weight excluding hydrogens is 404 g/mol. The number of allylic oxidation sites excluding steroid dienone is 1. The quantitative estimate of drug-likeness (QED) is 0.529. The molecule has 0 aliphatic heterocycles. The highest BCUT2D eigenvalue weighted by atomic mass is 35.5. The monoisotopic (exact) mass is 430 g/mol. The number of aromatic nitrogens is 2. The minimum Gasteiger partial charge on any atom is -0.330 e. The molecule has 0 amide bonds. The fourth-order valence-corrected chi connectivity index (χ4v) is 4.33. The molecule has 1 aliphatic carbocycles. The molecule has 4 rings (SSSR count). The Hall–Kier alpha value is -2.87. The van der Waals surface area contributed by atoms with Crippen LogP contribution in [0.1, 0.15) is 48.1 Å². The lowest BCUT2D eigenvalue weighted by molar-refractivity contribution is 0.535. The summed E-state index contributed by atoms with van der Waals surface area (Å²) < 4.78 is 2.18. The largest absolute Gasteiger partial charge is 0.330 e. The first-order valence-corrected chi connectivity index (χ1v) is 11.3. The van der Waals surface area contributed by atoms with E-state index in [0.717, 1.165) is 37.4 Å². The third-order valence-corrected chi connectivity index (χ3v) is 6.07. The Morgan fingerprint density at radius 2 is 2.03 bits per heavy atom. The van der Waals surface area contributed by atoms with E-state index >= 15 is 0 Å². The summed E-state index contributed by atoms with van der Waals surface area (Å²) in [7, 11) is 0. The number of imidazole rings is 1. The summed E-state index contributed by atoms with van der Waals surface area (Å²) in [6.07, 6.45) is 11.9. The smallest absolute Gasteiger partial charge is 0.0991 e. The molecule has 1 aliphatic rings. The van der Waals surface area contributed by atoms with Crippen LogP contribution < -0.4 is 5.32 Å². The van der Waals surface area contributed by atoms with Gasteiger partial charge in [-0.1, -0.05) is 48.4 Å². The standard InChI is InChI=1S/C26H27ClN4/c27-24-6-3-5-22(14-24)23-4-1-2-7-25(15-23)30-13-12-26-17-29-19-31(26)18-21-10-8-20(16-28)9-11-21/h3,5-6,8-11,14-15,17,19,25,30H,1-2,4,7,12-13,18H2. The Morgan fingerprint density at radius 1 is 1.16 bits per heavy atom. The molecule has 3 aromatic rings. The van der Waals surface area contributed by atoms with Crippen molar-refractivity contribution in [2.75, 3.05) is 6.54 Å². The number of hydrogen-bond acceptors (Lipinski definition) is 3. The summed E-state index contributed by atoms with van der Waals surface area (Å²) in [6, 6.07) is 18.5. The van der Waals surface area contributed by atoms with Crippen LogP contribution in [0.5, 0.6) is 0 Å². The van der Waals surface area contributed by atoms with Gasteiger partial charge in [0, 0.05) is 42.5 Å². The van der Waals surface area contributed by atoms with Crippen molar-refractivity contribution in [3.05, 3.63) is 94.5 Å². The number of halogens is 1. The second-order valence-corrected chi connectivity index (χ2v) is 8.52. The average molecular weight is 431 g/mol. The molecule has 0 fully saturated rings. The average Bonchev–Trinajstić information content (AvgIpc) is 3.08. The van der Waals surface area contributed by atoms with Crippen molar-refractivity contribution in [2.45, 2.75) is 44.7 Å². The highest BCUT2D eigenvalue weighted by Crippen LogP contribution is 2.27. The molecule has 2 aromatic carbocycles. The number of nitrogens with one attached hydrogen (secondary N) is 1. The van der Waals surface area contributed by atoms with E-state index in [-0.39, 0.29) is 0 Å². The lowest BCUT2D eigenvalue weighted by atomic mass is 10.0. The minimum absolute atomic E-state index is 0.381.